The first-order chi connectivity index (χ1) is 31.0. The maximum Gasteiger partial charge on any atom is 0.305 e. The summed E-state index contributed by atoms with van der Waals surface area (Å²) in [7, 11) is 0. The summed E-state index contributed by atoms with van der Waals surface area (Å²) in [6, 6.07) is -0.540. The molecule has 0 aromatic rings. The van der Waals surface area contributed by atoms with Crippen LogP contribution in [0, 0.1) is 0 Å². The van der Waals surface area contributed by atoms with Gasteiger partial charge in [0.25, 0.3) is 0 Å². The lowest BCUT2D eigenvalue weighted by Crippen LogP contribution is -2.45. The molecule has 3 N–H and O–H groups in total. The zero-order valence-electron chi connectivity index (χ0n) is 42.3. The standard InChI is InChI=1S/C57H109NO5/c1-3-5-7-9-11-13-14-15-16-21-25-28-31-35-39-43-47-51-57(62)63-52-48-44-40-36-32-29-26-23-20-18-17-19-22-24-27-30-34-38-42-46-50-56(61)58-54(53-59)55(60)49-45-41-37-33-12-10-8-6-4-2/h11,13,15-16,54-55,59-60H,3-10,12,14,17-53H2,1-2H3,(H,58,61)/b13-11-,16-15-. The molecule has 0 radical (unpaired) electrons. The minimum absolute atomic E-state index is 0.00272. The molecule has 2 atom stereocenters. The van der Waals surface area contributed by atoms with E-state index >= 15 is 0 Å². The van der Waals surface area contributed by atoms with E-state index in [0.29, 0.717) is 25.9 Å². The molecule has 6 heteroatoms. The highest BCUT2D eigenvalue weighted by atomic mass is 16.5. The van der Waals surface area contributed by atoms with Gasteiger partial charge in [-0.15, -0.1) is 0 Å². The monoisotopic (exact) mass is 888 g/mol. The Labute approximate surface area is 392 Å². The first kappa shape index (κ1) is 61.3. The smallest absolute Gasteiger partial charge is 0.305 e. The third-order valence-electron chi connectivity index (χ3n) is 13.0. The molecule has 2 unspecified atom stereocenters. The number of allylic oxidation sites excluding steroid dienone is 4. The molecule has 0 heterocycles. The van der Waals surface area contributed by atoms with E-state index in [-0.39, 0.29) is 18.5 Å². The number of nitrogens with one attached hydrogen (secondary N) is 1. The summed E-state index contributed by atoms with van der Waals surface area (Å²) in [5, 5.41) is 23.1. The molecule has 372 valence electrons. The first-order valence-corrected chi connectivity index (χ1v) is 28.1. The van der Waals surface area contributed by atoms with Gasteiger partial charge in [0, 0.05) is 12.8 Å². The van der Waals surface area contributed by atoms with Gasteiger partial charge in [-0.05, 0) is 57.8 Å². The molecule has 0 bridgehead atoms. The molecule has 0 saturated carbocycles. The second-order valence-electron chi connectivity index (χ2n) is 19.3. The molecule has 0 spiro atoms. The third kappa shape index (κ3) is 49.6. The Morgan fingerprint density at radius 1 is 0.444 bits per heavy atom. The average Bonchev–Trinajstić information content (AvgIpc) is 3.28. The number of aliphatic hydroxyl groups is 2. The van der Waals surface area contributed by atoms with E-state index in [4.69, 9.17) is 4.74 Å². The van der Waals surface area contributed by atoms with Crippen molar-refractivity contribution in [2.45, 2.75) is 315 Å². The fraction of sp³-hybridized carbons (Fsp3) is 0.895. The van der Waals surface area contributed by atoms with Crippen LogP contribution in [-0.2, 0) is 14.3 Å². The molecule has 0 aromatic carbocycles. The van der Waals surface area contributed by atoms with E-state index in [0.717, 1.165) is 51.4 Å². The van der Waals surface area contributed by atoms with Crippen LogP contribution in [0.15, 0.2) is 24.3 Å². The molecular formula is C57H109NO5. The molecule has 63 heavy (non-hydrogen) atoms. The van der Waals surface area contributed by atoms with Gasteiger partial charge in [0.15, 0.2) is 0 Å². The van der Waals surface area contributed by atoms with Crippen LogP contribution < -0.4 is 5.32 Å². The number of aliphatic hydroxyl groups excluding tert-OH is 2. The lowest BCUT2D eigenvalue weighted by Gasteiger charge is -2.22. The number of amides is 1. The van der Waals surface area contributed by atoms with Gasteiger partial charge in [-0.1, -0.05) is 256 Å². The highest BCUT2D eigenvalue weighted by molar-refractivity contribution is 5.76. The lowest BCUT2D eigenvalue weighted by molar-refractivity contribution is -0.143. The summed E-state index contributed by atoms with van der Waals surface area (Å²) in [5.41, 5.74) is 0. The van der Waals surface area contributed by atoms with Crippen molar-refractivity contribution in [1.82, 2.24) is 5.32 Å². The van der Waals surface area contributed by atoms with Crippen molar-refractivity contribution < 1.29 is 24.5 Å². The molecule has 0 aliphatic carbocycles. The molecule has 0 fully saturated rings. The third-order valence-corrected chi connectivity index (χ3v) is 13.0. The van der Waals surface area contributed by atoms with E-state index < -0.39 is 12.1 Å². The predicted molar refractivity (Wildman–Crippen MR) is 273 cm³/mol. The van der Waals surface area contributed by atoms with Gasteiger partial charge in [0.2, 0.25) is 5.91 Å². The molecule has 0 aliphatic rings. The fourth-order valence-electron chi connectivity index (χ4n) is 8.67. The summed E-state index contributed by atoms with van der Waals surface area (Å²) in [6.07, 6.45) is 63.1. The van der Waals surface area contributed by atoms with Gasteiger partial charge < -0.3 is 20.3 Å². The van der Waals surface area contributed by atoms with Crippen LogP contribution in [0.1, 0.15) is 303 Å². The van der Waals surface area contributed by atoms with Gasteiger partial charge in [0.05, 0.1) is 25.4 Å². The Kier molecular flexibility index (Phi) is 51.6. The topological polar surface area (TPSA) is 95.9 Å². The number of carbonyl (C=O) groups is 2. The molecule has 0 aromatic heterocycles. The average molecular weight is 889 g/mol. The van der Waals surface area contributed by atoms with E-state index in [1.165, 1.54) is 218 Å². The summed E-state index contributed by atoms with van der Waals surface area (Å²) in [5.74, 6) is -0.0364. The SMILES string of the molecule is CCCCC/C=C\C/C=C\CCCCCCCCCC(=O)OCCCCCCCCCCCCCCCCCCCCCCC(=O)NC(CO)C(O)CCCCCCCCCCC. The molecular weight excluding hydrogens is 779 g/mol. The molecule has 0 aliphatic heterocycles. The number of carbonyl (C=O) groups excluding carboxylic acids is 2. The van der Waals surface area contributed by atoms with Crippen LogP contribution in [-0.4, -0.2) is 47.4 Å². The first-order valence-electron chi connectivity index (χ1n) is 28.1. The highest BCUT2D eigenvalue weighted by Gasteiger charge is 2.20. The molecule has 0 rings (SSSR count). The second-order valence-corrected chi connectivity index (χ2v) is 19.3. The fourth-order valence-corrected chi connectivity index (χ4v) is 8.67. The van der Waals surface area contributed by atoms with Crippen LogP contribution in [0.25, 0.3) is 0 Å². The van der Waals surface area contributed by atoms with Crippen LogP contribution in [0.4, 0.5) is 0 Å². The van der Waals surface area contributed by atoms with E-state index in [1.54, 1.807) is 0 Å². The maximum atomic E-state index is 12.4. The zero-order valence-corrected chi connectivity index (χ0v) is 42.3. The van der Waals surface area contributed by atoms with Crippen LogP contribution in [0.5, 0.6) is 0 Å². The van der Waals surface area contributed by atoms with E-state index in [9.17, 15) is 19.8 Å². The van der Waals surface area contributed by atoms with Crippen LogP contribution >= 0.6 is 0 Å². The minimum atomic E-state index is -0.663. The van der Waals surface area contributed by atoms with Crippen molar-refractivity contribution in [3.63, 3.8) is 0 Å². The summed E-state index contributed by atoms with van der Waals surface area (Å²) in [6.45, 7) is 4.90. The number of hydrogen-bond acceptors (Lipinski definition) is 5. The van der Waals surface area contributed by atoms with Crippen molar-refractivity contribution in [3.05, 3.63) is 24.3 Å². The summed E-state index contributed by atoms with van der Waals surface area (Å²) >= 11 is 0. The van der Waals surface area contributed by atoms with Crippen molar-refractivity contribution >= 4 is 11.9 Å². The van der Waals surface area contributed by atoms with Crippen LogP contribution in [0.2, 0.25) is 0 Å². The highest BCUT2D eigenvalue weighted by Crippen LogP contribution is 2.17. The lowest BCUT2D eigenvalue weighted by atomic mass is 10.0. The van der Waals surface area contributed by atoms with Gasteiger partial charge in [0.1, 0.15) is 0 Å². The second kappa shape index (κ2) is 53.0. The minimum Gasteiger partial charge on any atom is -0.466 e. The summed E-state index contributed by atoms with van der Waals surface area (Å²) < 4.78 is 5.48. The van der Waals surface area contributed by atoms with Crippen molar-refractivity contribution in [1.29, 1.82) is 0 Å². The predicted octanol–water partition coefficient (Wildman–Crippen LogP) is 17.1. The number of ether oxygens (including phenoxy) is 1. The Morgan fingerprint density at radius 2 is 0.794 bits per heavy atom. The maximum absolute atomic E-state index is 12.4. The van der Waals surface area contributed by atoms with Gasteiger partial charge in [-0.3, -0.25) is 9.59 Å². The van der Waals surface area contributed by atoms with Crippen LogP contribution in [0.3, 0.4) is 0 Å². The van der Waals surface area contributed by atoms with E-state index in [2.05, 4.69) is 43.5 Å². The van der Waals surface area contributed by atoms with Crippen molar-refractivity contribution in [3.8, 4) is 0 Å². The molecule has 1 amide bonds. The largest absolute Gasteiger partial charge is 0.466 e. The molecule has 0 saturated heterocycles. The summed E-state index contributed by atoms with van der Waals surface area (Å²) in [4.78, 5) is 24.5. The number of unbranched alkanes of at least 4 members (excludes halogenated alkanes) is 37. The molecule has 6 nitrogen and oxygen atoms in total. The van der Waals surface area contributed by atoms with Gasteiger partial charge >= 0.3 is 5.97 Å². The number of hydrogen-bond donors (Lipinski definition) is 3. The van der Waals surface area contributed by atoms with Crippen molar-refractivity contribution in [2.24, 2.45) is 0 Å². The zero-order chi connectivity index (χ0) is 45.8. The Balaban J connectivity index is 3.36. The van der Waals surface area contributed by atoms with E-state index in [1.807, 2.05) is 0 Å². The quantitative estimate of drug-likeness (QED) is 0.0321. The van der Waals surface area contributed by atoms with Gasteiger partial charge in [-0.2, -0.15) is 0 Å². The Morgan fingerprint density at radius 3 is 1.24 bits per heavy atom. The van der Waals surface area contributed by atoms with Crippen molar-refractivity contribution in [2.75, 3.05) is 13.2 Å². The number of rotatable bonds is 52. The Hall–Kier alpha value is -1.66. The van der Waals surface area contributed by atoms with Gasteiger partial charge in [-0.25, -0.2) is 0 Å². The Bertz CT molecular complexity index is 982. The normalized spacial score (nSPS) is 12.8. The number of esters is 1.